The summed E-state index contributed by atoms with van der Waals surface area (Å²) in [6.45, 7) is 4.76. The highest BCUT2D eigenvalue weighted by atomic mass is 16.7. The highest BCUT2D eigenvalue weighted by Gasteiger charge is 2.25. The summed E-state index contributed by atoms with van der Waals surface area (Å²) in [6, 6.07) is 0. The smallest absolute Gasteiger partial charge is 0.361 e. The maximum absolute atomic E-state index is 12.9. The second-order valence-corrected chi connectivity index (χ2v) is 23.8. The van der Waals surface area contributed by atoms with Gasteiger partial charge in [0.15, 0.2) is 6.10 Å². The van der Waals surface area contributed by atoms with Crippen LogP contribution in [0.4, 0.5) is 0 Å². The van der Waals surface area contributed by atoms with Crippen LogP contribution in [0, 0.1) is 0 Å². The molecule has 0 heterocycles. The van der Waals surface area contributed by atoms with E-state index >= 15 is 0 Å². The fraction of sp³-hybridized carbons (Fsp3) is 0.740. The van der Waals surface area contributed by atoms with Crippen LogP contribution in [0.3, 0.4) is 0 Å². The van der Waals surface area contributed by atoms with Crippen molar-refractivity contribution in [3.05, 3.63) is 97.2 Å². The Morgan fingerprint density at radius 3 is 1.04 bits per heavy atom. The molecule has 0 aliphatic heterocycles. The quantitative estimate of drug-likeness (QED) is 0.0211. The van der Waals surface area contributed by atoms with Crippen LogP contribution in [0.5, 0.6) is 0 Å². The molecule has 0 aromatic heterocycles. The first-order chi connectivity index (χ1) is 40.1. The topological polar surface area (TPSA) is 108 Å². The van der Waals surface area contributed by atoms with Crippen LogP contribution in [0.25, 0.3) is 0 Å². The van der Waals surface area contributed by atoms with E-state index in [4.69, 9.17) is 18.9 Å². The van der Waals surface area contributed by atoms with E-state index in [9.17, 15) is 19.5 Å². The fourth-order valence-corrected chi connectivity index (χ4v) is 9.44. The number of likely N-dealkylation sites (N-methyl/N-ethyl adjacent to an activating group) is 1. The summed E-state index contributed by atoms with van der Waals surface area (Å²) in [4.78, 5) is 37.6. The lowest BCUT2D eigenvalue weighted by molar-refractivity contribution is -0.870. The van der Waals surface area contributed by atoms with Gasteiger partial charge in [-0.2, -0.15) is 0 Å². The summed E-state index contributed by atoms with van der Waals surface area (Å²) in [6.07, 6.45) is 83.7. The zero-order valence-corrected chi connectivity index (χ0v) is 53.9. The molecule has 2 unspecified atom stereocenters. The summed E-state index contributed by atoms with van der Waals surface area (Å²) in [7, 11) is 5.96. The van der Waals surface area contributed by atoms with E-state index in [1.165, 1.54) is 161 Å². The molecule has 0 aromatic rings. The molecular weight excluding hydrogens is 1020 g/mol. The number of ether oxygens (including phenoxy) is 4. The Kier molecular flexibility index (Phi) is 60.3. The summed E-state index contributed by atoms with van der Waals surface area (Å²) in [5.41, 5.74) is 0. The van der Waals surface area contributed by atoms with Crippen LogP contribution in [0.2, 0.25) is 0 Å². The molecule has 0 aromatic carbocycles. The van der Waals surface area contributed by atoms with Gasteiger partial charge in [0.1, 0.15) is 13.2 Å². The van der Waals surface area contributed by atoms with Gasteiger partial charge in [0.05, 0.1) is 34.4 Å². The zero-order chi connectivity index (χ0) is 59.8. The highest BCUT2D eigenvalue weighted by molar-refractivity contribution is 5.71. The molecule has 0 rings (SSSR count). The standard InChI is InChI=1S/C73H127NO8/c1-6-8-10-12-14-16-18-20-22-24-26-28-30-32-34-36-38-40-42-44-46-48-50-52-54-56-58-60-62-64-71(76)82-69(68-81-73(72(77)78)79-66-65-74(3,4)5)67-80-70(75)63-61-59-57-55-53-51-49-47-45-43-41-39-37-35-33-31-29-27-25-23-21-19-17-15-13-11-9-7-2/h8,10,14,16,20,22,26,28,32,34,38,40,44,46,50,52,69,73H,6-7,9,11-13,15,17-19,21,23-25,27,29-31,33,35-37,39,41-43,45,47-49,51,53-68H2,1-5H3/p+1/b10-8-,16-14-,22-20-,28-26-,34-32-,40-38-,46-44-,52-50-. The number of carbonyl (C=O) groups excluding carboxylic acids is 2. The number of rotatable bonds is 62. The Hall–Kier alpha value is -3.79. The number of allylic oxidation sites excluding steroid dienone is 16. The van der Waals surface area contributed by atoms with Gasteiger partial charge in [0.25, 0.3) is 6.29 Å². The first-order valence-electron chi connectivity index (χ1n) is 33.9. The number of carboxylic acid groups (broad SMARTS) is 1. The van der Waals surface area contributed by atoms with E-state index in [0.717, 1.165) is 96.3 Å². The molecule has 0 saturated heterocycles. The van der Waals surface area contributed by atoms with Crippen molar-refractivity contribution in [3.8, 4) is 0 Å². The Morgan fingerprint density at radius 1 is 0.378 bits per heavy atom. The van der Waals surface area contributed by atoms with Crippen LogP contribution < -0.4 is 0 Å². The zero-order valence-electron chi connectivity index (χ0n) is 53.9. The van der Waals surface area contributed by atoms with Gasteiger partial charge in [-0.1, -0.05) is 297 Å². The molecule has 9 nitrogen and oxygen atoms in total. The van der Waals surface area contributed by atoms with Gasteiger partial charge in [0.2, 0.25) is 0 Å². The molecule has 0 bridgehead atoms. The molecule has 0 spiro atoms. The minimum atomic E-state index is -1.52. The molecule has 0 aliphatic rings. The van der Waals surface area contributed by atoms with E-state index in [-0.39, 0.29) is 32.2 Å². The van der Waals surface area contributed by atoms with E-state index in [2.05, 4.69) is 111 Å². The number of hydrogen-bond donors (Lipinski definition) is 1. The van der Waals surface area contributed by atoms with Crippen LogP contribution in [0.1, 0.15) is 290 Å². The third-order valence-corrected chi connectivity index (χ3v) is 14.6. The molecule has 2 atom stereocenters. The fourth-order valence-electron chi connectivity index (χ4n) is 9.44. The van der Waals surface area contributed by atoms with Crippen LogP contribution in [-0.2, 0) is 33.3 Å². The van der Waals surface area contributed by atoms with Gasteiger partial charge in [-0.25, -0.2) is 4.79 Å². The predicted molar refractivity (Wildman–Crippen MR) is 350 cm³/mol. The van der Waals surface area contributed by atoms with Gasteiger partial charge >= 0.3 is 17.9 Å². The van der Waals surface area contributed by atoms with Crippen molar-refractivity contribution in [2.24, 2.45) is 0 Å². The van der Waals surface area contributed by atoms with Gasteiger partial charge < -0.3 is 28.5 Å². The maximum atomic E-state index is 12.9. The van der Waals surface area contributed by atoms with Crippen LogP contribution in [-0.4, -0.2) is 87.4 Å². The first kappa shape index (κ1) is 78.2. The SMILES string of the molecule is CC/C=C\C/C=C\C/C=C\C/C=C\C/C=C\C/C=C\C/C=C\C/C=C\CCCCCCC(=O)OC(COC(=O)CCCCCCCCCCCCCCCCCCCCCCCCCCCCCC)COC(OCC[N+](C)(C)C)C(=O)O. The molecule has 0 radical (unpaired) electrons. The lowest BCUT2D eigenvalue weighted by Gasteiger charge is -2.25. The second kappa shape index (κ2) is 63.2. The predicted octanol–water partition coefficient (Wildman–Crippen LogP) is 20.9. The Labute approximate surface area is 505 Å². The molecule has 0 saturated carbocycles. The lowest BCUT2D eigenvalue weighted by atomic mass is 10.0. The largest absolute Gasteiger partial charge is 0.477 e. The van der Waals surface area contributed by atoms with E-state index in [0.29, 0.717) is 23.9 Å². The van der Waals surface area contributed by atoms with Gasteiger partial charge in [-0.05, 0) is 77.0 Å². The van der Waals surface area contributed by atoms with E-state index < -0.39 is 24.3 Å². The van der Waals surface area contributed by atoms with E-state index in [1.807, 2.05) is 21.1 Å². The minimum Gasteiger partial charge on any atom is -0.477 e. The maximum Gasteiger partial charge on any atom is 0.361 e. The average molecular weight is 1150 g/mol. The number of carboxylic acids is 1. The van der Waals surface area contributed by atoms with Gasteiger partial charge in [-0.3, -0.25) is 9.59 Å². The minimum absolute atomic E-state index is 0.179. The molecule has 0 fully saturated rings. The second-order valence-electron chi connectivity index (χ2n) is 23.8. The number of aliphatic carboxylic acids is 1. The van der Waals surface area contributed by atoms with Crippen LogP contribution >= 0.6 is 0 Å². The summed E-state index contributed by atoms with van der Waals surface area (Å²) in [5, 5.41) is 9.74. The third-order valence-electron chi connectivity index (χ3n) is 14.6. The molecule has 0 aliphatic carbocycles. The molecule has 0 amide bonds. The number of carbonyl (C=O) groups is 3. The van der Waals surface area contributed by atoms with Crippen molar-refractivity contribution in [1.29, 1.82) is 0 Å². The number of quaternary nitrogens is 1. The van der Waals surface area contributed by atoms with Crippen molar-refractivity contribution < 1.29 is 42.9 Å². The van der Waals surface area contributed by atoms with Crippen LogP contribution in [0.15, 0.2) is 97.2 Å². The third kappa shape index (κ3) is 63.8. The summed E-state index contributed by atoms with van der Waals surface area (Å²) < 4.78 is 22.9. The Morgan fingerprint density at radius 2 is 0.695 bits per heavy atom. The lowest BCUT2D eigenvalue weighted by Crippen LogP contribution is -2.40. The molecule has 1 N–H and O–H groups in total. The van der Waals surface area contributed by atoms with Crippen molar-refractivity contribution in [2.45, 2.75) is 302 Å². The Bertz CT molecular complexity index is 1670. The number of esters is 2. The van der Waals surface area contributed by atoms with E-state index in [1.54, 1.807) is 0 Å². The van der Waals surface area contributed by atoms with Crippen molar-refractivity contribution in [2.75, 3.05) is 47.5 Å². The van der Waals surface area contributed by atoms with Gasteiger partial charge in [-0.15, -0.1) is 0 Å². The number of nitrogens with zero attached hydrogens (tertiary/aromatic N) is 1. The first-order valence-corrected chi connectivity index (χ1v) is 33.9. The molecule has 9 heteroatoms. The normalized spacial score (nSPS) is 13.3. The number of hydrogen-bond acceptors (Lipinski definition) is 7. The van der Waals surface area contributed by atoms with Crippen molar-refractivity contribution >= 4 is 17.9 Å². The van der Waals surface area contributed by atoms with Crippen molar-refractivity contribution in [3.63, 3.8) is 0 Å². The molecular formula is C73H128NO8+. The van der Waals surface area contributed by atoms with Gasteiger partial charge in [0, 0.05) is 12.8 Å². The number of unbranched alkanes of at least 4 members (excludes halogenated alkanes) is 31. The average Bonchev–Trinajstić information content (AvgIpc) is 3.47. The summed E-state index contributed by atoms with van der Waals surface area (Å²) >= 11 is 0. The monoisotopic (exact) mass is 1150 g/mol. The highest BCUT2D eigenvalue weighted by Crippen LogP contribution is 2.18. The molecule has 82 heavy (non-hydrogen) atoms. The molecule has 472 valence electrons. The summed E-state index contributed by atoms with van der Waals surface area (Å²) in [5.74, 6) is -2.03. The Balaban J connectivity index is 4.21. The van der Waals surface area contributed by atoms with Crippen molar-refractivity contribution in [1.82, 2.24) is 0 Å².